The van der Waals surface area contributed by atoms with Gasteiger partial charge in [-0.15, -0.1) is 0 Å². The second kappa shape index (κ2) is 12.2. The highest BCUT2D eigenvalue weighted by Gasteiger charge is 2.38. The van der Waals surface area contributed by atoms with E-state index in [1.165, 1.54) is 28.8 Å². The number of hydrogen-bond donors (Lipinski definition) is 1. The molecule has 0 aliphatic carbocycles. The topological polar surface area (TPSA) is 94.8 Å². The maximum Gasteiger partial charge on any atom is 0.420 e. The summed E-state index contributed by atoms with van der Waals surface area (Å²) in [6, 6.07) is 12.7. The van der Waals surface area contributed by atoms with Gasteiger partial charge in [0.25, 0.3) is 0 Å². The first kappa shape index (κ1) is 30.5. The van der Waals surface area contributed by atoms with E-state index in [1.807, 2.05) is 45.9 Å². The van der Waals surface area contributed by atoms with Gasteiger partial charge >= 0.3 is 12.1 Å². The number of aromatic nitrogens is 3. The average molecular weight is 583 g/mol. The fraction of sp³-hybridized carbons (Fsp3) is 0.355. The molecule has 1 N–H and O–H groups in total. The summed E-state index contributed by atoms with van der Waals surface area (Å²) in [5.41, 5.74) is 1.62. The highest BCUT2D eigenvalue weighted by Crippen LogP contribution is 2.42. The monoisotopic (exact) mass is 582 g/mol. The Morgan fingerprint density at radius 1 is 1.02 bits per heavy atom. The molecule has 0 bridgehead atoms. The average Bonchev–Trinajstić information content (AvgIpc) is 3.34. The first-order valence-corrected chi connectivity index (χ1v) is 13.6. The lowest BCUT2D eigenvalue weighted by Crippen LogP contribution is -2.27. The number of esters is 1. The molecular weight excluding hydrogens is 549 g/mol. The molecule has 0 unspecified atom stereocenters. The Hall–Kier alpha value is -4.41. The van der Waals surface area contributed by atoms with Crippen molar-refractivity contribution < 1.29 is 32.2 Å². The highest BCUT2D eigenvalue weighted by atomic mass is 19.4. The summed E-state index contributed by atoms with van der Waals surface area (Å²) < 4.78 is 54.6. The van der Waals surface area contributed by atoms with Crippen molar-refractivity contribution in [3.63, 3.8) is 0 Å². The van der Waals surface area contributed by atoms with E-state index in [1.54, 1.807) is 19.2 Å². The Morgan fingerprint density at radius 3 is 2.48 bits per heavy atom. The molecule has 2 aromatic carbocycles. The molecule has 222 valence electrons. The van der Waals surface area contributed by atoms with Gasteiger partial charge in [-0.2, -0.15) is 18.3 Å². The number of benzene rings is 2. The van der Waals surface area contributed by atoms with Crippen molar-refractivity contribution in [2.75, 3.05) is 18.5 Å². The number of carbonyl (C=O) groups excluding carboxylic acids is 2. The lowest BCUT2D eigenvalue weighted by atomic mass is 9.95. The molecular formula is C31H33F3N4O4. The van der Waals surface area contributed by atoms with Crippen molar-refractivity contribution in [1.29, 1.82) is 0 Å². The summed E-state index contributed by atoms with van der Waals surface area (Å²) in [6.45, 7) is 9.19. The number of amides is 1. The molecule has 2 aromatic heterocycles. The third-order valence-corrected chi connectivity index (χ3v) is 6.46. The third kappa shape index (κ3) is 7.07. The van der Waals surface area contributed by atoms with Crippen molar-refractivity contribution in [2.45, 2.75) is 53.6 Å². The number of fused-ring (bicyclic) bond motifs is 1. The fourth-order valence-electron chi connectivity index (χ4n) is 4.18. The van der Waals surface area contributed by atoms with E-state index >= 15 is 0 Å². The van der Waals surface area contributed by atoms with E-state index in [-0.39, 0.29) is 49.0 Å². The van der Waals surface area contributed by atoms with Crippen LogP contribution in [0.15, 0.2) is 54.7 Å². The lowest BCUT2D eigenvalue weighted by molar-refractivity contribution is -0.143. The van der Waals surface area contributed by atoms with Crippen LogP contribution in [0.3, 0.4) is 0 Å². The van der Waals surface area contributed by atoms with Crippen LogP contribution in [0.1, 0.15) is 51.7 Å². The number of alkyl halides is 3. The standard InChI is InChI=1S/C31H33F3N4O4/c1-6-41-27(39)11-8-16-42-25-10-7-9-21(28(25)31(32,33)34)22-14-15-26-35-24(18-38(26)37-22)20-13-12-19(2)23(17-20)36-29(40)30(3,4)5/h7,9-10,12-15,17-18H,6,8,11,16H2,1-5H3,(H,36,40). The Bertz CT molecular complexity index is 1610. The number of imidazole rings is 1. The maximum absolute atomic E-state index is 14.3. The number of anilines is 1. The number of carbonyl (C=O) groups is 2. The number of nitrogens with zero attached hydrogens (tertiary/aromatic N) is 3. The van der Waals surface area contributed by atoms with Crippen molar-refractivity contribution >= 4 is 23.2 Å². The number of hydrogen-bond acceptors (Lipinski definition) is 6. The zero-order valence-electron chi connectivity index (χ0n) is 24.1. The summed E-state index contributed by atoms with van der Waals surface area (Å²) in [5, 5.41) is 7.38. The molecule has 1 amide bonds. The third-order valence-electron chi connectivity index (χ3n) is 6.46. The minimum absolute atomic E-state index is 0.0432. The SMILES string of the molecule is CCOC(=O)CCCOc1cccc(-c2ccc3nc(-c4ccc(C)c(NC(=O)C(C)(C)C)c4)cn3n2)c1C(F)(F)F. The van der Waals surface area contributed by atoms with Crippen molar-refractivity contribution in [3.8, 4) is 28.3 Å². The minimum Gasteiger partial charge on any atom is -0.493 e. The second-order valence-corrected chi connectivity index (χ2v) is 10.8. The van der Waals surface area contributed by atoms with E-state index in [0.717, 1.165) is 5.56 Å². The maximum atomic E-state index is 14.3. The van der Waals surface area contributed by atoms with E-state index in [9.17, 15) is 22.8 Å². The number of rotatable bonds is 9. The summed E-state index contributed by atoms with van der Waals surface area (Å²) in [7, 11) is 0. The first-order valence-electron chi connectivity index (χ1n) is 13.6. The van der Waals surface area contributed by atoms with Gasteiger partial charge in [-0.1, -0.05) is 45.0 Å². The molecule has 8 nitrogen and oxygen atoms in total. The van der Waals surface area contributed by atoms with Crippen LogP contribution in [0.2, 0.25) is 0 Å². The molecule has 4 rings (SSSR count). The number of ether oxygens (including phenoxy) is 2. The van der Waals surface area contributed by atoms with Crippen LogP contribution in [0.25, 0.3) is 28.2 Å². The molecule has 11 heteroatoms. The van der Waals surface area contributed by atoms with Gasteiger partial charge in [-0.25, -0.2) is 9.50 Å². The van der Waals surface area contributed by atoms with Gasteiger partial charge in [0.1, 0.15) is 11.3 Å². The summed E-state index contributed by atoms with van der Waals surface area (Å²) in [6.07, 6.45) is -2.84. The van der Waals surface area contributed by atoms with Gasteiger partial charge in [-0.3, -0.25) is 9.59 Å². The van der Waals surface area contributed by atoms with Crippen LogP contribution in [0.4, 0.5) is 18.9 Å². The quantitative estimate of drug-likeness (QED) is 0.167. The number of aryl methyl sites for hydroxylation is 1. The van der Waals surface area contributed by atoms with Crippen LogP contribution in [0.5, 0.6) is 5.75 Å². The molecule has 4 aromatic rings. The van der Waals surface area contributed by atoms with Crippen LogP contribution < -0.4 is 10.1 Å². The Labute approximate surface area is 241 Å². The Morgan fingerprint density at radius 2 is 1.79 bits per heavy atom. The van der Waals surface area contributed by atoms with Crippen molar-refractivity contribution in [2.24, 2.45) is 5.41 Å². The highest BCUT2D eigenvalue weighted by molar-refractivity contribution is 5.95. The van der Waals surface area contributed by atoms with Crippen LogP contribution in [0, 0.1) is 12.3 Å². The molecule has 0 radical (unpaired) electrons. The number of nitrogens with one attached hydrogen (secondary N) is 1. The smallest absolute Gasteiger partial charge is 0.420 e. The zero-order valence-corrected chi connectivity index (χ0v) is 24.1. The normalized spacial score (nSPS) is 11.9. The molecule has 0 saturated heterocycles. The van der Waals surface area contributed by atoms with Gasteiger partial charge in [0.2, 0.25) is 5.91 Å². The second-order valence-electron chi connectivity index (χ2n) is 10.8. The van der Waals surface area contributed by atoms with Gasteiger partial charge in [0, 0.05) is 28.7 Å². The van der Waals surface area contributed by atoms with E-state index in [0.29, 0.717) is 22.6 Å². The van der Waals surface area contributed by atoms with Gasteiger partial charge in [0.05, 0.1) is 30.8 Å². The van der Waals surface area contributed by atoms with E-state index < -0.39 is 23.1 Å². The van der Waals surface area contributed by atoms with Crippen LogP contribution in [-0.4, -0.2) is 39.7 Å². The minimum atomic E-state index is -4.72. The molecule has 0 saturated carbocycles. The lowest BCUT2D eigenvalue weighted by Gasteiger charge is -2.19. The van der Waals surface area contributed by atoms with Gasteiger partial charge in [0.15, 0.2) is 5.65 Å². The predicted molar refractivity (Wildman–Crippen MR) is 153 cm³/mol. The first-order chi connectivity index (χ1) is 19.8. The number of halogens is 3. The summed E-state index contributed by atoms with van der Waals surface area (Å²) >= 11 is 0. The van der Waals surface area contributed by atoms with Crippen LogP contribution in [-0.2, 0) is 20.5 Å². The molecule has 0 atom stereocenters. The molecule has 0 fully saturated rings. The van der Waals surface area contributed by atoms with Gasteiger partial charge < -0.3 is 14.8 Å². The van der Waals surface area contributed by atoms with Crippen molar-refractivity contribution in [3.05, 3.63) is 65.9 Å². The zero-order chi connectivity index (χ0) is 30.7. The largest absolute Gasteiger partial charge is 0.493 e. The van der Waals surface area contributed by atoms with E-state index in [2.05, 4.69) is 15.4 Å². The van der Waals surface area contributed by atoms with E-state index in [4.69, 9.17) is 9.47 Å². The molecule has 2 heterocycles. The van der Waals surface area contributed by atoms with Crippen molar-refractivity contribution in [1.82, 2.24) is 14.6 Å². The fourth-order valence-corrected chi connectivity index (χ4v) is 4.18. The molecule has 0 aliphatic heterocycles. The summed E-state index contributed by atoms with van der Waals surface area (Å²) in [5.74, 6) is -0.907. The summed E-state index contributed by atoms with van der Waals surface area (Å²) in [4.78, 5) is 28.7. The Balaban J connectivity index is 1.64. The molecule has 42 heavy (non-hydrogen) atoms. The predicted octanol–water partition coefficient (Wildman–Crippen LogP) is 7.10. The molecule has 0 spiro atoms. The molecule has 0 aliphatic rings. The van der Waals surface area contributed by atoms with Crippen LogP contribution >= 0.6 is 0 Å². The van der Waals surface area contributed by atoms with Gasteiger partial charge in [-0.05, 0) is 50.1 Å². The Kier molecular flexibility index (Phi) is 8.89.